The molecule has 1 aromatic rings. The Morgan fingerprint density at radius 1 is 1.48 bits per heavy atom. The Labute approximate surface area is 123 Å². The lowest BCUT2D eigenvalue weighted by molar-refractivity contribution is -0.133. The van der Waals surface area contributed by atoms with Crippen molar-refractivity contribution in [3.8, 4) is 0 Å². The van der Waals surface area contributed by atoms with E-state index in [1.165, 1.54) is 0 Å². The van der Waals surface area contributed by atoms with Crippen molar-refractivity contribution in [2.75, 3.05) is 20.1 Å². The van der Waals surface area contributed by atoms with Crippen molar-refractivity contribution in [1.82, 2.24) is 20.2 Å². The molecule has 0 aliphatic carbocycles. The van der Waals surface area contributed by atoms with Gasteiger partial charge in [0, 0.05) is 19.3 Å². The Kier molecular flexibility index (Phi) is 4.22. The van der Waals surface area contributed by atoms with Crippen LogP contribution in [0.5, 0.6) is 0 Å². The summed E-state index contributed by atoms with van der Waals surface area (Å²) in [5.41, 5.74) is 5.89. The van der Waals surface area contributed by atoms with Gasteiger partial charge in [-0.2, -0.15) is 0 Å². The van der Waals surface area contributed by atoms with E-state index in [9.17, 15) is 9.59 Å². The summed E-state index contributed by atoms with van der Waals surface area (Å²) in [5, 5.41) is 2.55. The fourth-order valence-electron chi connectivity index (χ4n) is 2.76. The molecule has 3 N–H and O–H groups in total. The van der Waals surface area contributed by atoms with Crippen LogP contribution in [-0.2, 0) is 10.3 Å². The first kappa shape index (κ1) is 15.4. The van der Waals surface area contributed by atoms with E-state index >= 15 is 0 Å². The summed E-state index contributed by atoms with van der Waals surface area (Å²) in [5.74, 6) is 0.113. The number of amides is 2. The Bertz CT molecular complexity index is 574. The average Bonchev–Trinajstić information content (AvgIpc) is 2.88. The molecule has 1 aromatic heterocycles. The average molecular weight is 291 g/mol. The molecule has 7 heteroatoms. The Hall–Kier alpha value is -2.02. The van der Waals surface area contributed by atoms with E-state index in [-0.39, 0.29) is 18.4 Å². The quantitative estimate of drug-likeness (QED) is 0.812. The lowest BCUT2D eigenvalue weighted by Gasteiger charge is -2.34. The molecule has 0 aromatic carbocycles. The monoisotopic (exact) mass is 291 g/mol. The van der Waals surface area contributed by atoms with Crippen LogP contribution in [0.15, 0.2) is 6.07 Å². The standard InChI is InChI=1S/C14H21N5O2/c1-9-7-10(12(21)16-3)18-13(17-9)14(2)5-4-6-19(14)11(20)8-15/h7H,4-6,8,15H2,1-3H3,(H,16,21). The van der Waals surface area contributed by atoms with E-state index in [4.69, 9.17) is 5.73 Å². The van der Waals surface area contributed by atoms with Crippen molar-refractivity contribution in [3.05, 3.63) is 23.3 Å². The van der Waals surface area contributed by atoms with Crippen LogP contribution >= 0.6 is 0 Å². The fourth-order valence-corrected chi connectivity index (χ4v) is 2.76. The molecule has 1 aliphatic heterocycles. The molecule has 114 valence electrons. The predicted molar refractivity (Wildman–Crippen MR) is 77.5 cm³/mol. The first-order chi connectivity index (χ1) is 9.92. The number of hydrogen-bond donors (Lipinski definition) is 2. The molecule has 2 rings (SSSR count). The van der Waals surface area contributed by atoms with Crippen molar-refractivity contribution < 1.29 is 9.59 Å². The minimum Gasteiger partial charge on any atom is -0.354 e. The van der Waals surface area contributed by atoms with Gasteiger partial charge in [-0.3, -0.25) is 9.59 Å². The lowest BCUT2D eigenvalue weighted by atomic mass is 9.97. The number of carbonyl (C=O) groups excluding carboxylic acids is 2. The molecule has 2 amide bonds. The van der Waals surface area contributed by atoms with Crippen LogP contribution in [0, 0.1) is 6.92 Å². The molecule has 0 spiro atoms. The molecule has 0 bridgehead atoms. The largest absolute Gasteiger partial charge is 0.354 e. The fraction of sp³-hybridized carbons (Fsp3) is 0.571. The second-order valence-corrected chi connectivity index (χ2v) is 5.42. The van der Waals surface area contributed by atoms with Gasteiger partial charge in [0.2, 0.25) is 5.91 Å². The topological polar surface area (TPSA) is 101 Å². The zero-order valence-corrected chi connectivity index (χ0v) is 12.6. The van der Waals surface area contributed by atoms with E-state index in [1.54, 1.807) is 18.0 Å². The Morgan fingerprint density at radius 3 is 2.81 bits per heavy atom. The van der Waals surface area contributed by atoms with Gasteiger partial charge in [-0.1, -0.05) is 0 Å². The number of aryl methyl sites for hydroxylation is 1. The maximum atomic E-state index is 12.0. The summed E-state index contributed by atoms with van der Waals surface area (Å²) in [6, 6.07) is 1.63. The molecule has 1 fully saturated rings. The normalized spacial score (nSPS) is 21.4. The van der Waals surface area contributed by atoms with Gasteiger partial charge in [-0.15, -0.1) is 0 Å². The minimum atomic E-state index is -0.606. The molecule has 7 nitrogen and oxygen atoms in total. The number of carbonyl (C=O) groups is 2. The first-order valence-electron chi connectivity index (χ1n) is 7.01. The third kappa shape index (κ3) is 2.73. The SMILES string of the molecule is CNC(=O)c1cc(C)nc(C2(C)CCCN2C(=O)CN)n1. The second-order valence-electron chi connectivity index (χ2n) is 5.42. The van der Waals surface area contributed by atoms with Crippen molar-refractivity contribution >= 4 is 11.8 Å². The molecule has 2 heterocycles. The highest BCUT2D eigenvalue weighted by atomic mass is 16.2. The van der Waals surface area contributed by atoms with Crippen LogP contribution in [0.3, 0.4) is 0 Å². The highest BCUT2D eigenvalue weighted by Crippen LogP contribution is 2.36. The third-order valence-corrected chi connectivity index (χ3v) is 3.91. The third-order valence-electron chi connectivity index (χ3n) is 3.91. The summed E-state index contributed by atoms with van der Waals surface area (Å²) in [6.45, 7) is 4.34. The first-order valence-corrected chi connectivity index (χ1v) is 7.01. The molecule has 1 unspecified atom stereocenters. The van der Waals surface area contributed by atoms with Crippen LogP contribution in [0.25, 0.3) is 0 Å². The number of nitrogens with one attached hydrogen (secondary N) is 1. The van der Waals surface area contributed by atoms with Gasteiger partial charge in [0.05, 0.1) is 12.1 Å². The highest BCUT2D eigenvalue weighted by Gasteiger charge is 2.43. The summed E-state index contributed by atoms with van der Waals surface area (Å²) in [6.07, 6.45) is 1.63. The van der Waals surface area contributed by atoms with Gasteiger partial charge in [-0.05, 0) is 32.8 Å². The van der Waals surface area contributed by atoms with Crippen LogP contribution in [0.1, 0.15) is 41.8 Å². The Balaban J connectivity index is 2.46. The molecule has 0 radical (unpaired) electrons. The number of nitrogens with two attached hydrogens (primary N) is 1. The van der Waals surface area contributed by atoms with Gasteiger partial charge in [-0.25, -0.2) is 9.97 Å². The van der Waals surface area contributed by atoms with Crippen molar-refractivity contribution in [2.45, 2.75) is 32.2 Å². The molecule has 0 saturated carbocycles. The summed E-state index contributed by atoms with van der Waals surface area (Å²) in [4.78, 5) is 34.4. The van der Waals surface area contributed by atoms with Gasteiger partial charge >= 0.3 is 0 Å². The van der Waals surface area contributed by atoms with Gasteiger partial charge < -0.3 is 16.0 Å². The van der Waals surface area contributed by atoms with Crippen LogP contribution in [-0.4, -0.2) is 46.8 Å². The molecule has 21 heavy (non-hydrogen) atoms. The number of nitrogens with zero attached hydrogens (tertiary/aromatic N) is 3. The number of likely N-dealkylation sites (tertiary alicyclic amines) is 1. The smallest absolute Gasteiger partial charge is 0.269 e. The van der Waals surface area contributed by atoms with Crippen molar-refractivity contribution in [3.63, 3.8) is 0 Å². The van der Waals surface area contributed by atoms with Crippen LogP contribution in [0.2, 0.25) is 0 Å². The van der Waals surface area contributed by atoms with E-state index in [2.05, 4.69) is 15.3 Å². The maximum absolute atomic E-state index is 12.0. The van der Waals surface area contributed by atoms with Crippen LogP contribution < -0.4 is 11.1 Å². The number of hydrogen-bond acceptors (Lipinski definition) is 5. The number of aromatic nitrogens is 2. The molecular formula is C14H21N5O2. The summed E-state index contributed by atoms with van der Waals surface area (Å²) < 4.78 is 0. The van der Waals surface area contributed by atoms with E-state index < -0.39 is 5.54 Å². The van der Waals surface area contributed by atoms with Crippen LogP contribution in [0.4, 0.5) is 0 Å². The van der Waals surface area contributed by atoms with Crippen molar-refractivity contribution in [2.24, 2.45) is 5.73 Å². The number of rotatable bonds is 3. The van der Waals surface area contributed by atoms with E-state index in [1.807, 2.05) is 13.8 Å². The highest BCUT2D eigenvalue weighted by molar-refractivity contribution is 5.92. The maximum Gasteiger partial charge on any atom is 0.269 e. The second kappa shape index (κ2) is 5.77. The van der Waals surface area contributed by atoms with E-state index in [0.717, 1.165) is 12.8 Å². The summed E-state index contributed by atoms with van der Waals surface area (Å²) in [7, 11) is 1.56. The van der Waals surface area contributed by atoms with Gasteiger partial charge in [0.1, 0.15) is 5.69 Å². The summed E-state index contributed by atoms with van der Waals surface area (Å²) >= 11 is 0. The lowest BCUT2D eigenvalue weighted by Crippen LogP contribution is -2.46. The van der Waals surface area contributed by atoms with E-state index in [0.29, 0.717) is 23.8 Å². The molecule has 1 atom stereocenters. The minimum absolute atomic E-state index is 0.0380. The zero-order chi connectivity index (χ0) is 15.6. The zero-order valence-electron chi connectivity index (χ0n) is 12.6. The van der Waals surface area contributed by atoms with Gasteiger partial charge in [0.25, 0.3) is 5.91 Å². The van der Waals surface area contributed by atoms with Gasteiger partial charge in [0.15, 0.2) is 5.82 Å². The molecular weight excluding hydrogens is 270 g/mol. The Morgan fingerprint density at radius 2 is 2.19 bits per heavy atom. The molecule has 1 saturated heterocycles. The van der Waals surface area contributed by atoms with Crippen molar-refractivity contribution in [1.29, 1.82) is 0 Å². The predicted octanol–water partition coefficient (Wildman–Crippen LogP) is -0.0591. The molecule has 1 aliphatic rings.